The van der Waals surface area contributed by atoms with Crippen LogP contribution in [0.3, 0.4) is 0 Å². The molecule has 0 saturated carbocycles. The van der Waals surface area contributed by atoms with E-state index >= 15 is 0 Å². The number of para-hydroxylation sites is 1. The second kappa shape index (κ2) is 6.13. The van der Waals surface area contributed by atoms with Crippen LogP contribution in [0.15, 0.2) is 54.6 Å². The van der Waals surface area contributed by atoms with E-state index in [1.54, 1.807) is 0 Å². The molecular weight excluding hydrogens is 268 g/mol. The van der Waals surface area contributed by atoms with E-state index in [9.17, 15) is 0 Å². The highest BCUT2D eigenvalue weighted by molar-refractivity contribution is 5.65. The molecule has 1 heterocycles. The summed E-state index contributed by atoms with van der Waals surface area (Å²) in [5.74, 6) is 0. The van der Waals surface area contributed by atoms with Crippen LogP contribution in [0.2, 0.25) is 0 Å². The molecule has 0 bridgehead atoms. The van der Waals surface area contributed by atoms with E-state index in [1.165, 1.54) is 23.2 Å². The van der Waals surface area contributed by atoms with Gasteiger partial charge in [0.25, 0.3) is 0 Å². The largest absolute Gasteiger partial charge is 0.370 e. The second-order valence-corrected chi connectivity index (χ2v) is 6.79. The lowest BCUT2D eigenvalue weighted by atomic mass is 9.78. The zero-order valence-corrected chi connectivity index (χ0v) is 13.9. The zero-order valence-electron chi connectivity index (χ0n) is 13.9. The molecule has 116 valence electrons. The Hall–Kier alpha value is -1.80. The molecule has 2 aromatic carbocycles. The van der Waals surface area contributed by atoms with Crippen LogP contribution >= 0.6 is 0 Å². The molecule has 1 aliphatic rings. The molecule has 2 aromatic rings. The monoisotopic (exact) mass is 294 g/mol. The lowest BCUT2D eigenvalue weighted by Crippen LogP contribution is -2.33. The van der Waals surface area contributed by atoms with Crippen molar-refractivity contribution in [1.82, 2.24) is 4.90 Å². The smallest absolute Gasteiger partial charge is 0.0408 e. The first-order valence-corrected chi connectivity index (χ1v) is 8.16. The topological polar surface area (TPSA) is 6.48 Å². The van der Waals surface area contributed by atoms with Gasteiger partial charge in [-0.25, -0.2) is 0 Å². The first-order valence-electron chi connectivity index (χ1n) is 8.16. The van der Waals surface area contributed by atoms with Gasteiger partial charge in [0.2, 0.25) is 0 Å². The first-order chi connectivity index (χ1) is 10.6. The maximum atomic E-state index is 2.56. The predicted octanol–water partition coefficient (Wildman–Crippen LogP) is 3.76. The van der Waals surface area contributed by atoms with E-state index < -0.39 is 0 Å². The van der Waals surface area contributed by atoms with Gasteiger partial charge in [0.1, 0.15) is 0 Å². The van der Waals surface area contributed by atoms with Gasteiger partial charge >= 0.3 is 0 Å². The number of nitrogens with zero attached hydrogens (tertiary/aromatic N) is 2. The molecule has 0 spiro atoms. The zero-order chi connectivity index (χ0) is 15.6. The van der Waals surface area contributed by atoms with Crippen molar-refractivity contribution in [1.29, 1.82) is 0 Å². The fourth-order valence-electron chi connectivity index (χ4n) is 3.60. The lowest BCUT2D eigenvalue weighted by Gasteiger charge is -2.27. The van der Waals surface area contributed by atoms with Crippen molar-refractivity contribution in [2.24, 2.45) is 0 Å². The molecule has 1 aliphatic heterocycles. The maximum absolute atomic E-state index is 2.56. The van der Waals surface area contributed by atoms with Gasteiger partial charge < -0.3 is 9.80 Å². The van der Waals surface area contributed by atoms with E-state index in [-0.39, 0.29) is 5.41 Å². The van der Waals surface area contributed by atoms with Crippen molar-refractivity contribution >= 4 is 5.69 Å². The standard InChI is InChI=1S/C20H26N2/c1-20(17-10-5-4-6-11-17)16-22(15-9-14-21(2)3)19-13-8-7-12-18(19)20/h4-8,10-13H,9,14-16H2,1-3H3. The maximum Gasteiger partial charge on any atom is 0.0408 e. The Bertz CT molecular complexity index is 621. The Morgan fingerprint density at radius 3 is 2.41 bits per heavy atom. The second-order valence-electron chi connectivity index (χ2n) is 6.79. The van der Waals surface area contributed by atoms with Crippen LogP contribution < -0.4 is 4.90 Å². The molecule has 1 unspecified atom stereocenters. The minimum absolute atomic E-state index is 0.0932. The van der Waals surface area contributed by atoms with E-state index in [2.05, 4.69) is 85.4 Å². The molecule has 0 N–H and O–H groups in total. The van der Waals surface area contributed by atoms with Crippen molar-refractivity contribution < 1.29 is 0 Å². The summed E-state index contributed by atoms with van der Waals surface area (Å²) < 4.78 is 0. The summed E-state index contributed by atoms with van der Waals surface area (Å²) in [5, 5.41) is 0. The van der Waals surface area contributed by atoms with Crippen molar-refractivity contribution in [3.8, 4) is 0 Å². The molecule has 0 aromatic heterocycles. The summed E-state index contributed by atoms with van der Waals surface area (Å²) >= 11 is 0. The summed E-state index contributed by atoms with van der Waals surface area (Å²) in [5.41, 5.74) is 4.38. The van der Waals surface area contributed by atoms with Gasteiger partial charge in [0.15, 0.2) is 0 Å². The third-order valence-electron chi connectivity index (χ3n) is 4.79. The van der Waals surface area contributed by atoms with Gasteiger partial charge in [-0.05, 0) is 51.2 Å². The third-order valence-corrected chi connectivity index (χ3v) is 4.79. The highest BCUT2D eigenvalue weighted by Crippen LogP contribution is 2.44. The number of benzene rings is 2. The summed E-state index contributed by atoms with van der Waals surface area (Å²) in [6.45, 7) is 5.72. The van der Waals surface area contributed by atoms with Crippen LogP contribution in [-0.4, -0.2) is 38.6 Å². The summed E-state index contributed by atoms with van der Waals surface area (Å²) in [4.78, 5) is 4.82. The van der Waals surface area contributed by atoms with Crippen molar-refractivity contribution in [3.05, 3.63) is 65.7 Å². The fourth-order valence-corrected chi connectivity index (χ4v) is 3.60. The van der Waals surface area contributed by atoms with Gasteiger partial charge in [0, 0.05) is 24.2 Å². The fraction of sp³-hybridized carbons (Fsp3) is 0.400. The van der Waals surface area contributed by atoms with E-state index in [1.807, 2.05) is 0 Å². The molecule has 0 amide bonds. The minimum atomic E-state index is 0.0932. The third kappa shape index (κ3) is 2.76. The van der Waals surface area contributed by atoms with Gasteiger partial charge in [-0.3, -0.25) is 0 Å². The number of rotatable bonds is 5. The molecule has 22 heavy (non-hydrogen) atoms. The Balaban J connectivity index is 1.89. The summed E-state index contributed by atoms with van der Waals surface area (Å²) in [7, 11) is 4.29. The number of hydrogen-bond acceptors (Lipinski definition) is 2. The molecule has 3 rings (SSSR count). The molecule has 0 fully saturated rings. The summed E-state index contributed by atoms with van der Waals surface area (Å²) in [6, 6.07) is 19.8. The van der Waals surface area contributed by atoms with Gasteiger partial charge in [-0.2, -0.15) is 0 Å². The van der Waals surface area contributed by atoms with Crippen LogP contribution in [-0.2, 0) is 5.41 Å². The molecule has 0 radical (unpaired) electrons. The summed E-state index contributed by atoms with van der Waals surface area (Å²) in [6.07, 6.45) is 1.20. The van der Waals surface area contributed by atoms with E-state index in [0.717, 1.165) is 19.6 Å². The van der Waals surface area contributed by atoms with E-state index in [0.29, 0.717) is 0 Å². The molecule has 2 heteroatoms. The normalized spacial score (nSPS) is 20.5. The van der Waals surface area contributed by atoms with E-state index in [4.69, 9.17) is 0 Å². The number of hydrogen-bond donors (Lipinski definition) is 0. The van der Waals surface area contributed by atoms with Crippen LogP contribution in [0.4, 0.5) is 5.69 Å². The highest BCUT2D eigenvalue weighted by atomic mass is 15.2. The van der Waals surface area contributed by atoms with Crippen molar-refractivity contribution in [2.45, 2.75) is 18.8 Å². The lowest BCUT2D eigenvalue weighted by molar-refractivity contribution is 0.399. The first kappa shape index (κ1) is 15.1. The Morgan fingerprint density at radius 1 is 1.00 bits per heavy atom. The molecule has 1 atom stereocenters. The van der Waals surface area contributed by atoms with Crippen LogP contribution in [0.5, 0.6) is 0 Å². The van der Waals surface area contributed by atoms with Gasteiger partial charge in [0.05, 0.1) is 0 Å². The molecule has 2 nitrogen and oxygen atoms in total. The van der Waals surface area contributed by atoms with Crippen molar-refractivity contribution in [3.63, 3.8) is 0 Å². The average Bonchev–Trinajstić information content (AvgIpc) is 2.83. The van der Waals surface area contributed by atoms with Gasteiger partial charge in [-0.15, -0.1) is 0 Å². The number of fused-ring (bicyclic) bond motifs is 1. The molecular formula is C20H26N2. The quantitative estimate of drug-likeness (QED) is 0.828. The Morgan fingerprint density at radius 2 is 1.68 bits per heavy atom. The average molecular weight is 294 g/mol. The highest BCUT2D eigenvalue weighted by Gasteiger charge is 2.39. The SMILES string of the molecule is CN(C)CCCN1CC(C)(c2ccccc2)c2ccccc21. The van der Waals surface area contributed by atoms with Gasteiger partial charge in [-0.1, -0.05) is 48.5 Å². The number of anilines is 1. The molecule has 0 saturated heterocycles. The minimum Gasteiger partial charge on any atom is -0.370 e. The predicted molar refractivity (Wildman–Crippen MR) is 94.7 cm³/mol. The van der Waals surface area contributed by atoms with Crippen LogP contribution in [0, 0.1) is 0 Å². The Labute approximate surface area is 134 Å². The Kier molecular flexibility index (Phi) is 4.21. The molecule has 0 aliphatic carbocycles. The van der Waals surface area contributed by atoms with Crippen LogP contribution in [0.1, 0.15) is 24.5 Å². The van der Waals surface area contributed by atoms with Crippen LogP contribution in [0.25, 0.3) is 0 Å². The van der Waals surface area contributed by atoms with Crippen molar-refractivity contribution in [2.75, 3.05) is 38.6 Å².